The number of hydrogen-bond donors (Lipinski definition) is 1. The zero-order chi connectivity index (χ0) is 31.8. The van der Waals surface area contributed by atoms with Crippen LogP contribution in [0.3, 0.4) is 0 Å². The highest BCUT2D eigenvalue weighted by molar-refractivity contribution is 6.31. The number of nitrogens with one attached hydrogen (secondary N) is 1. The third kappa shape index (κ3) is 6.15. The van der Waals surface area contributed by atoms with E-state index < -0.39 is 40.0 Å². The summed E-state index contributed by atoms with van der Waals surface area (Å²) < 4.78 is 51.2. The van der Waals surface area contributed by atoms with Crippen molar-refractivity contribution in [1.29, 1.82) is 0 Å². The summed E-state index contributed by atoms with van der Waals surface area (Å²) in [5.41, 5.74) is 0.434. The van der Waals surface area contributed by atoms with Gasteiger partial charge in [0.1, 0.15) is 28.8 Å². The number of fused-ring (bicyclic) bond motifs is 3. The number of carbonyl (C=O) groups excluding carboxylic acids is 1. The number of halogens is 3. The van der Waals surface area contributed by atoms with Crippen LogP contribution in [0.15, 0.2) is 47.7 Å². The molecule has 0 saturated heterocycles. The first-order valence-corrected chi connectivity index (χ1v) is 13.7. The minimum absolute atomic E-state index is 0.234. The van der Waals surface area contributed by atoms with Crippen molar-refractivity contribution in [2.75, 3.05) is 0 Å². The van der Waals surface area contributed by atoms with Crippen LogP contribution in [-0.2, 0) is 29.7 Å². The molecule has 0 spiro atoms. The minimum atomic E-state index is -2.87. The second-order valence-electron chi connectivity index (χ2n) is 10.5. The van der Waals surface area contributed by atoms with Crippen molar-refractivity contribution in [1.82, 2.24) is 29.8 Å². The Balaban J connectivity index is 1.61. The number of aryl methyl sites for hydroxylation is 2. The van der Waals surface area contributed by atoms with Gasteiger partial charge < -0.3 is 10.1 Å². The van der Waals surface area contributed by atoms with Gasteiger partial charge in [0.15, 0.2) is 11.6 Å². The van der Waals surface area contributed by atoms with Gasteiger partial charge in [-0.3, -0.25) is 24.1 Å². The molecule has 5 heterocycles. The quantitative estimate of drug-likeness (QED) is 0.324. The molecule has 5 rings (SSSR count). The highest BCUT2D eigenvalue weighted by Gasteiger charge is 2.26. The first kappa shape index (κ1) is 26.6. The summed E-state index contributed by atoms with van der Waals surface area (Å²) in [6, 6.07) is 5.36. The van der Waals surface area contributed by atoms with Gasteiger partial charge in [-0.1, -0.05) is 18.0 Å². The molecule has 4 aromatic rings. The van der Waals surface area contributed by atoms with Gasteiger partial charge in [0, 0.05) is 37.1 Å². The van der Waals surface area contributed by atoms with Crippen molar-refractivity contribution in [3.63, 3.8) is 0 Å². The van der Waals surface area contributed by atoms with Gasteiger partial charge in [-0.05, 0) is 57.2 Å². The highest BCUT2D eigenvalue weighted by Crippen LogP contribution is 2.30. The first-order chi connectivity index (χ1) is 20.8. The number of pyridine rings is 3. The second-order valence-corrected chi connectivity index (χ2v) is 10.9. The van der Waals surface area contributed by atoms with Crippen LogP contribution in [0, 0.1) is 11.6 Å². The van der Waals surface area contributed by atoms with E-state index in [1.165, 1.54) is 17.6 Å². The summed E-state index contributed by atoms with van der Waals surface area (Å²) >= 11 is 6.49. The molecule has 1 amide bonds. The molecule has 0 fully saturated rings. The second kappa shape index (κ2) is 11.9. The van der Waals surface area contributed by atoms with Crippen molar-refractivity contribution in [3.05, 3.63) is 92.6 Å². The van der Waals surface area contributed by atoms with E-state index in [1.807, 2.05) is 0 Å². The molecule has 1 N–H and O–H groups in total. The molecular weight excluding hydrogens is 566 g/mol. The summed E-state index contributed by atoms with van der Waals surface area (Å²) in [5, 5.41) is 2.40. The first-order valence-electron chi connectivity index (χ1n) is 14.3. The third-order valence-electron chi connectivity index (χ3n) is 6.80. The predicted molar refractivity (Wildman–Crippen MR) is 152 cm³/mol. The summed E-state index contributed by atoms with van der Waals surface area (Å²) in [7, 11) is 0. The lowest BCUT2D eigenvalue weighted by molar-refractivity contribution is -0.120. The Bertz CT molecular complexity index is 1820. The van der Waals surface area contributed by atoms with Crippen molar-refractivity contribution in [2.24, 2.45) is 0 Å². The van der Waals surface area contributed by atoms with Gasteiger partial charge >= 0.3 is 0 Å². The van der Waals surface area contributed by atoms with E-state index in [9.17, 15) is 18.4 Å². The maximum Gasteiger partial charge on any atom is 0.277 e. The molecule has 9 nitrogen and oxygen atoms in total. The molecule has 0 saturated carbocycles. The standard InChI is InChI=1S/C30H29ClF2N6O3/c1-17(40)38-30(2,3)29-34-10-9-22(37-29)23-13-25-18(14-35-23)7-5-4-6-8-20-12-26(27(31)28(41)39(20)25)42-16-24-21(33)11-19(32)15-36-24/h9-15H,4-8,16H2,1-3H3,(H,38,40)/i16D2. The Morgan fingerprint density at radius 3 is 2.67 bits per heavy atom. The number of nitrogens with zero attached hydrogens (tertiary/aromatic N) is 5. The highest BCUT2D eigenvalue weighted by atomic mass is 35.5. The Morgan fingerprint density at radius 1 is 1.12 bits per heavy atom. The molecule has 42 heavy (non-hydrogen) atoms. The van der Waals surface area contributed by atoms with Gasteiger partial charge in [-0.2, -0.15) is 0 Å². The molecule has 0 bridgehead atoms. The molecule has 218 valence electrons. The third-order valence-corrected chi connectivity index (χ3v) is 7.15. The molecule has 0 atom stereocenters. The molecule has 1 aliphatic rings. The Labute approximate surface area is 248 Å². The van der Waals surface area contributed by atoms with E-state index in [0.29, 0.717) is 53.7 Å². The molecule has 0 aliphatic carbocycles. The fraction of sp³-hybridized carbons (Fsp3) is 0.333. The number of ether oxygens (including phenoxy) is 1. The van der Waals surface area contributed by atoms with E-state index in [1.54, 1.807) is 38.4 Å². The number of hydrogen-bond acceptors (Lipinski definition) is 7. The average molecular weight is 597 g/mol. The average Bonchev–Trinajstić information content (AvgIpc) is 3.03. The number of amides is 1. The summed E-state index contributed by atoms with van der Waals surface area (Å²) in [5.74, 6) is -2.37. The van der Waals surface area contributed by atoms with Crippen LogP contribution in [0.1, 0.15) is 65.6 Å². The van der Waals surface area contributed by atoms with E-state index in [0.717, 1.165) is 24.8 Å². The van der Waals surface area contributed by atoms with Gasteiger partial charge in [0.05, 0.1) is 31.6 Å². The molecule has 0 unspecified atom stereocenters. The van der Waals surface area contributed by atoms with E-state index >= 15 is 0 Å². The Hall–Kier alpha value is -4.25. The van der Waals surface area contributed by atoms with Crippen molar-refractivity contribution in [2.45, 2.75) is 65.0 Å². The summed E-state index contributed by atoms with van der Waals surface area (Å²) in [6.45, 7) is 2.11. The minimum Gasteiger partial charge on any atom is -0.485 e. The largest absolute Gasteiger partial charge is 0.485 e. The molecule has 0 aromatic carbocycles. The van der Waals surface area contributed by atoms with Crippen molar-refractivity contribution >= 4 is 17.5 Å². The van der Waals surface area contributed by atoms with Crippen LogP contribution in [0.4, 0.5) is 8.78 Å². The lowest BCUT2D eigenvalue weighted by atomic mass is 10.0. The monoisotopic (exact) mass is 596 g/mol. The maximum atomic E-state index is 14.4. The number of carbonyl (C=O) groups is 1. The molecule has 4 aromatic heterocycles. The van der Waals surface area contributed by atoms with E-state index in [4.69, 9.17) is 19.1 Å². The maximum absolute atomic E-state index is 14.4. The van der Waals surface area contributed by atoms with Gasteiger partial charge in [0.2, 0.25) is 5.91 Å². The zero-order valence-electron chi connectivity index (χ0n) is 25.2. The van der Waals surface area contributed by atoms with Gasteiger partial charge in [-0.25, -0.2) is 18.7 Å². The fourth-order valence-corrected chi connectivity index (χ4v) is 5.02. The molecule has 1 aliphatic heterocycles. The van der Waals surface area contributed by atoms with E-state index in [-0.39, 0.29) is 11.7 Å². The van der Waals surface area contributed by atoms with Crippen LogP contribution in [0.25, 0.3) is 17.1 Å². The van der Waals surface area contributed by atoms with Crippen LogP contribution >= 0.6 is 11.6 Å². The van der Waals surface area contributed by atoms with Crippen LogP contribution in [0.5, 0.6) is 5.75 Å². The fourth-order valence-electron chi connectivity index (χ4n) is 4.84. The normalized spacial score (nSPS) is 14.3. The van der Waals surface area contributed by atoms with Gasteiger partial charge in [0.25, 0.3) is 5.56 Å². The van der Waals surface area contributed by atoms with Crippen LogP contribution < -0.4 is 15.6 Å². The lowest BCUT2D eigenvalue weighted by Crippen LogP contribution is -2.41. The predicted octanol–water partition coefficient (Wildman–Crippen LogP) is 5.24. The molecule has 12 heteroatoms. The van der Waals surface area contributed by atoms with Gasteiger partial charge in [-0.15, -0.1) is 0 Å². The Morgan fingerprint density at radius 2 is 1.90 bits per heavy atom. The number of rotatable bonds is 6. The summed E-state index contributed by atoms with van der Waals surface area (Å²) in [4.78, 5) is 42.7. The van der Waals surface area contributed by atoms with Crippen molar-refractivity contribution < 1.29 is 21.1 Å². The smallest absolute Gasteiger partial charge is 0.277 e. The Kier molecular flexibility index (Phi) is 7.56. The van der Waals surface area contributed by atoms with E-state index in [2.05, 4.69) is 25.3 Å². The number of aromatic nitrogens is 5. The van der Waals surface area contributed by atoms with Crippen LogP contribution in [-0.4, -0.2) is 30.4 Å². The lowest BCUT2D eigenvalue weighted by Gasteiger charge is -2.24. The van der Waals surface area contributed by atoms with Crippen LogP contribution in [0.2, 0.25) is 5.02 Å². The SMILES string of the molecule is [2H]C([2H])(Oc1cc2n(c(=O)c1Cl)-c1cc(-c3ccnc(C(C)(C)NC(C)=O)n3)ncc1CCCCC2)c1ncc(F)cc1F. The summed E-state index contributed by atoms with van der Waals surface area (Å²) in [6.07, 6.45) is 7.43. The zero-order valence-corrected chi connectivity index (χ0v) is 23.9. The molecule has 0 radical (unpaired) electrons. The topological polar surface area (TPSA) is 112 Å². The molecular formula is C30H29ClF2N6O3. The van der Waals surface area contributed by atoms with Crippen molar-refractivity contribution in [3.8, 4) is 22.8 Å².